The Labute approximate surface area is 114 Å². The van der Waals surface area contributed by atoms with Gasteiger partial charge in [-0.1, -0.05) is 27.5 Å². The minimum absolute atomic E-state index is 0.0226. The number of imidazole rings is 1. The SMILES string of the molecule is CC(=O)OC(c1cncn1C)C(Cl)(Br)C(F)(F)F. The lowest BCUT2D eigenvalue weighted by Crippen LogP contribution is -2.42. The van der Waals surface area contributed by atoms with Crippen LogP contribution < -0.4 is 0 Å². The van der Waals surface area contributed by atoms with Gasteiger partial charge in [0.2, 0.25) is 3.78 Å². The molecule has 0 aliphatic carbocycles. The van der Waals surface area contributed by atoms with Crippen molar-refractivity contribution in [2.45, 2.75) is 23.0 Å². The van der Waals surface area contributed by atoms with E-state index < -0.39 is 22.0 Å². The topological polar surface area (TPSA) is 44.1 Å². The third-order valence-electron chi connectivity index (χ3n) is 2.11. The molecule has 0 amide bonds. The average molecular weight is 350 g/mol. The summed E-state index contributed by atoms with van der Waals surface area (Å²) in [6.07, 6.45) is -4.14. The van der Waals surface area contributed by atoms with E-state index in [1.165, 1.54) is 17.9 Å². The quantitative estimate of drug-likeness (QED) is 0.622. The summed E-state index contributed by atoms with van der Waals surface area (Å²) in [5, 5.41) is 0. The van der Waals surface area contributed by atoms with E-state index in [1.807, 2.05) is 0 Å². The van der Waals surface area contributed by atoms with Gasteiger partial charge in [-0.25, -0.2) is 4.98 Å². The lowest BCUT2D eigenvalue weighted by molar-refractivity contribution is -0.175. The fraction of sp³-hybridized carbons (Fsp3) is 0.556. The molecular formula is C9H9BrClF3N2O2. The number of rotatable bonds is 3. The van der Waals surface area contributed by atoms with Crippen molar-refractivity contribution < 1.29 is 22.7 Å². The Morgan fingerprint density at radius 1 is 1.61 bits per heavy atom. The van der Waals surface area contributed by atoms with Gasteiger partial charge >= 0.3 is 12.1 Å². The van der Waals surface area contributed by atoms with Gasteiger partial charge in [0.25, 0.3) is 0 Å². The fourth-order valence-corrected chi connectivity index (χ4v) is 1.74. The van der Waals surface area contributed by atoms with E-state index in [2.05, 4.69) is 25.7 Å². The van der Waals surface area contributed by atoms with E-state index in [4.69, 9.17) is 11.6 Å². The molecule has 18 heavy (non-hydrogen) atoms. The van der Waals surface area contributed by atoms with Crippen molar-refractivity contribution in [3.05, 3.63) is 18.2 Å². The van der Waals surface area contributed by atoms with Crippen LogP contribution in [0.4, 0.5) is 13.2 Å². The van der Waals surface area contributed by atoms with Crippen LogP contribution in [-0.4, -0.2) is 25.5 Å². The molecule has 1 aromatic rings. The van der Waals surface area contributed by atoms with Crippen molar-refractivity contribution in [2.75, 3.05) is 0 Å². The van der Waals surface area contributed by atoms with Crippen LogP contribution in [0.3, 0.4) is 0 Å². The van der Waals surface area contributed by atoms with E-state index >= 15 is 0 Å². The predicted molar refractivity (Wildman–Crippen MR) is 61.3 cm³/mol. The van der Waals surface area contributed by atoms with Crippen LogP contribution in [0.25, 0.3) is 0 Å². The number of aryl methyl sites for hydroxylation is 1. The van der Waals surface area contributed by atoms with Crippen molar-refractivity contribution >= 4 is 33.5 Å². The first-order chi connectivity index (χ1) is 8.07. The van der Waals surface area contributed by atoms with Crippen molar-refractivity contribution in [3.8, 4) is 0 Å². The largest absolute Gasteiger partial charge is 0.453 e. The molecule has 102 valence electrons. The lowest BCUT2D eigenvalue weighted by Gasteiger charge is -2.31. The van der Waals surface area contributed by atoms with E-state index in [1.54, 1.807) is 0 Å². The second kappa shape index (κ2) is 5.08. The maximum absolute atomic E-state index is 12.9. The first-order valence-corrected chi connectivity index (χ1v) is 5.82. The molecule has 0 N–H and O–H groups in total. The lowest BCUT2D eigenvalue weighted by atomic mass is 10.2. The molecule has 0 radical (unpaired) electrons. The molecule has 1 heterocycles. The zero-order valence-electron chi connectivity index (χ0n) is 9.33. The van der Waals surface area contributed by atoms with Gasteiger partial charge in [-0.05, 0) is 0 Å². The van der Waals surface area contributed by atoms with Gasteiger partial charge in [0.05, 0.1) is 18.2 Å². The normalized spacial score (nSPS) is 17.1. The average Bonchev–Trinajstić information content (AvgIpc) is 2.58. The summed E-state index contributed by atoms with van der Waals surface area (Å²) in [6.45, 7) is 1.000. The molecule has 0 aromatic carbocycles. The highest BCUT2D eigenvalue weighted by Crippen LogP contribution is 2.51. The zero-order valence-corrected chi connectivity index (χ0v) is 11.7. The van der Waals surface area contributed by atoms with Crippen molar-refractivity contribution in [1.82, 2.24) is 9.55 Å². The Hall–Kier alpha value is -0.760. The highest BCUT2D eigenvalue weighted by Gasteiger charge is 2.60. The smallest absolute Gasteiger partial charge is 0.421 e. The van der Waals surface area contributed by atoms with Gasteiger partial charge in [0.15, 0.2) is 6.10 Å². The summed E-state index contributed by atoms with van der Waals surface area (Å²) >= 11 is 7.83. The van der Waals surface area contributed by atoms with Crippen molar-refractivity contribution in [3.63, 3.8) is 0 Å². The van der Waals surface area contributed by atoms with Gasteiger partial charge in [-0.15, -0.1) is 0 Å². The summed E-state index contributed by atoms with van der Waals surface area (Å²) < 4.78 is 41.6. The summed E-state index contributed by atoms with van der Waals surface area (Å²) in [5.41, 5.74) is 0.0226. The molecular weight excluding hydrogens is 340 g/mol. The minimum Gasteiger partial charge on any atom is -0.453 e. The molecule has 0 bridgehead atoms. The Morgan fingerprint density at radius 2 is 2.17 bits per heavy atom. The molecule has 2 atom stereocenters. The van der Waals surface area contributed by atoms with Gasteiger partial charge in [0, 0.05) is 14.0 Å². The first-order valence-electron chi connectivity index (χ1n) is 4.65. The van der Waals surface area contributed by atoms with Crippen LogP contribution in [0.2, 0.25) is 0 Å². The molecule has 0 spiro atoms. The molecule has 1 rings (SSSR count). The van der Waals surface area contributed by atoms with Crippen molar-refractivity contribution in [2.24, 2.45) is 7.05 Å². The molecule has 2 unspecified atom stereocenters. The number of aromatic nitrogens is 2. The van der Waals surface area contributed by atoms with Crippen LogP contribution in [-0.2, 0) is 16.6 Å². The van der Waals surface area contributed by atoms with E-state index in [-0.39, 0.29) is 5.69 Å². The Bertz CT molecular complexity index is 447. The molecule has 4 nitrogen and oxygen atoms in total. The number of carbonyl (C=O) groups is 1. The Balaban J connectivity index is 3.23. The molecule has 9 heteroatoms. The number of esters is 1. The number of alkyl halides is 5. The maximum Gasteiger partial charge on any atom is 0.421 e. The summed E-state index contributed by atoms with van der Waals surface area (Å²) in [4.78, 5) is 14.6. The summed E-state index contributed by atoms with van der Waals surface area (Å²) in [5.74, 6) is -0.880. The van der Waals surface area contributed by atoms with Crippen LogP contribution >= 0.6 is 27.5 Å². The first kappa shape index (κ1) is 15.3. The zero-order chi connectivity index (χ0) is 14.1. The van der Waals surface area contributed by atoms with Gasteiger partial charge < -0.3 is 9.30 Å². The number of ether oxygens (including phenoxy) is 1. The van der Waals surface area contributed by atoms with Crippen LogP contribution in [0.15, 0.2) is 12.5 Å². The summed E-state index contributed by atoms with van der Waals surface area (Å²) in [6, 6.07) is 0. The third-order valence-corrected chi connectivity index (χ3v) is 3.39. The van der Waals surface area contributed by atoms with E-state index in [0.717, 1.165) is 13.1 Å². The highest BCUT2D eigenvalue weighted by molar-refractivity contribution is 9.10. The van der Waals surface area contributed by atoms with Gasteiger partial charge in [0.1, 0.15) is 0 Å². The fourth-order valence-electron chi connectivity index (χ4n) is 1.25. The molecule has 0 saturated carbocycles. The Kier molecular flexibility index (Phi) is 4.32. The summed E-state index contributed by atoms with van der Waals surface area (Å²) in [7, 11) is 1.47. The monoisotopic (exact) mass is 348 g/mol. The van der Waals surface area contributed by atoms with Gasteiger partial charge in [-0.2, -0.15) is 13.2 Å². The molecule has 0 saturated heterocycles. The van der Waals surface area contributed by atoms with E-state index in [0.29, 0.717) is 0 Å². The number of hydrogen-bond donors (Lipinski definition) is 0. The Morgan fingerprint density at radius 3 is 2.50 bits per heavy atom. The molecule has 0 aliphatic rings. The minimum atomic E-state index is -4.82. The third kappa shape index (κ3) is 2.97. The van der Waals surface area contributed by atoms with Crippen LogP contribution in [0.5, 0.6) is 0 Å². The van der Waals surface area contributed by atoms with E-state index in [9.17, 15) is 18.0 Å². The van der Waals surface area contributed by atoms with Crippen molar-refractivity contribution in [1.29, 1.82) is 0 Å². The standard InChI is InChI=1S/C9H9BrClF3N2O2/c1-5(17)18-7(6-3-15-4-16(6)2)8(10,11)9(12,13)14/h3-4,7H,1-2H3. The number of halogens is 5. The molecule has 0 fully saturated rings. The number of hydrogen-bond acceptors (Lipinski definition) is 3. The number of carbonyl (C=O) groups excluding carboxylic acids is 1. The highest BCUT2D eigenvalue weighted by atomic mass is 79.9. The second-order valence-electron chi connectivity index (χ2n) is 3.54. The van der Waals surface area contributed by atoms with Crippen LogP contribution in [0.1, 0.15) is 18.7 Å². The predicted octanol–water partition coefficient (Wildman–Crippen LogP) is 2.92. The molecule has 1 aromatic heterocycles. The number of nitrogens with zero attached hydrogens (tertiary/aromatic N) is 2. The maximum atomic E-state index is 12.9. The van der Waals surface area contributed by atoms with Crippen LogP contribution in [0, 0.1) is 0 Å². The van der Waals surface area contributed by atoms with Gasteiger partial charge in [-0.3, -0.25) is 4.79 Å². The second-order valence-corrected chi connectivity index (χ2v) is 5.84. The molecule has 0 aliphatic heterocycles.